The van der Waals surface area contributed by atoms with Gasteiger partial charge in [0.1, 0.15) is 6.04 Å². The van der Waals surface area contributed by atoms with Gasteiger partial charge in [0.15, 0.2) is 0 Å². The number of nitrogens with two attached hydrogens (primary N) is 1. The molecule has 1 aliphatic carbocycles. The van der Waals surface area contributed by atoms with Gasteiger partial charge in [0, 0.05) is 5.25 Å². The first-order valence-corrected chi connectivity index (χ1v) is 6.24. The highest BCUT2D eigenvalue weighted by molar-refractivity contribution is 7.99. The molecule has 1 aliphatic rings. The third kappa shape index (κ3) is 3.88. The van der Waals surface area contributed by atoms with Gasteiger partial charge >= 0.3 is 5.97 Å². The van der Waals surface area contributed by atoms with Crippen molar-refractivity contribution < 1.29 is 9.53 Å². The molecular formula is C10H19NO2S. The normalized spacial score (nSPS) is 19.6. The quantitative estimate of drug-likeness (QED) is 0.710. The largest absolute Gasteiger partial charge is 0.468 e. The van der Waals surface area contributed by atoms with Crippen molar-refractivity contribution in [3.63, 3.8) is 0 Å². The smallest absolute Gasteiger partial charge is 0.322 e. The summed E-state index contributed by atoms with van der Waals surface area (Å²) >= 11 is 1.95. The maximum absolute atomic E-state index is 11.0. The van der Waals surface area contributed by atoms with Crippen LogP contribution in [0, 0.1) is 0 Å². The molecule has 0 amide bonds. The highest BCUT2D eigenvalue weighted by Gasteiger charge is 2.17. The summed E-state index contributed by atoms with van der Waals surface area (Å²) in [5.41, 5.74) is 5.62. The first kappa shape index (κ1) is 11.9. The molecular weight excluding hydrogens is 198 g/mol. The van der Waals surface area contributed by atoms with Crippen LogP contribution in [0.3, 0.4) is 0 Å². The van der Waals surface area contributed by atoms with E-state index in [0.717, 1.165) is 17.4 Å². The van der Waals surface area contributed by atoms with Crippen molar-refractivity contribution in [1.29, 1.82) is 0 Å². The number of rotatable bonds is 5. The predicted molar refractivity (Wildman–Crippen MR) is 59.3 cm³/mol. The molecule has 2 N–H and O–H groups in total. The molecule has 0 aromatic heterocycles. The minimum absolute atomic E-state index is 0.294. The first-order chi connectivity index (χ1) is 6.74. The monoisotopic (exact) mass is 217 g/mol. The lowest BCUT2D eigenvalue weighted by Gasteiger charge is -2.11. The Hall–Kier alpha value is -0.220. The van der Waals surface area contributed by atoms with Crippen molar-refractivity contribution in [2.75, 3.05) is 12.9 Å². The van der Waals surface area contributed by atoms with Crippen LogP contribution in [0.1, 0.15) is 32.1 Å². The minimum Gasteiger partial charge on any atom is -0.468 e. The SMILES string of the molecule is COC(=O)C(N)CCSC1CCCC1. The van der Waals surface area contributed by atoms with Crippen molar-refractivity contribution in [3.05, 3.63) is 0 Å². The number of thioether (sulfide) groups is 1. The molecule has 0 aliphatic heterocycles. The Morgan fingerprint density at radius 3 is 2.79 bits per heavy atom. The number of esters is 1. The van der Waals surface area contributed by atoms with Crippen LogP contribution in [0.2, 0.25) is 0 Å². The lowest BCUT2D eigenvalue weighted by molar-refractivity contribution is -0.142. The van der Waals surface area contributed by atoms with E-state index in [0.29, 0.717) is 0 Å². The van der Waals surface area contributed by atoms with Crippen LogP contribution in [0.5, 0.6) is 0 Å². The molecule has 0 aromatic rings. The topological polar surface area (TPSA) is 52.3 Å². The zero-order valence-electron chi connectivity index (χ0n) is 8.70. The van der Waals surface area contributed by atoms with Crippen molar-refractivity contribution >= 4 is 17.7 Å². The molecule has 82 valence electrons. The van der Waals surface area contributed by atoms with Gasteiger partial charge in [-0.05, 0) is 25.0 Å². The number of hydrogen-bond donors (Lipinski definition) is 1. The van der Waals surface area contributed by atoms with Crippen molar-refractivity contribution in [2.45, 2.75) is 43.4 Å². The maximum atomic E-state index is 11.0. The van der Waals surface area contributed by atoms with E-state index in [1.54, 1.807) is 0 Å². The minimum atomic E-state index is -0.436. The number of ether oxygens (including phenoxy) is 1. The molecule has 1 saturated carbocycles. The lowest BCUT2D eigenvalue weighted by Crippen LogP contribution is -2.32. The molecule has 0 aromatic carbocycles. The van der Waals surface area contributed by atoms with Crippen LogP contribution in [0.25, 0.3) is 0 Å². The van der Waals surface area contributed by atoms with Gasteiger partial charge < -0.3 is 10.5 Å². The van der Waals surface area contributed by atoms with Gasteiger partial charge in [0.2, 0.25) is 0 Å². The zero-order valence-corrected chi connectivity index (χ0v) is 9.52. The van der Waals surface area contributed by atoms with Crippen LogP contribution in [-0.2, 0) is 9.53 Å². The fourth-order valence-electron chi connectivity index (χ4n) is 1.69. The number of carbonyl (C=O) groups excluding carboxylic acids is 1. The van der Waals surface area contributed by atoms with E-state index in [1.807, 2.05) is 11.8 Å². The van der Waals surface area contributed by atoms with E-state index < -0.39 is 6.04 Å². The average Bonchev–Trinajstić information content (AvgIpc) is 2.69. The molecule has 1 rings (SSSR count). The Labute approximate surface area is 89.8 Å². The summed E-state index contributed by atoms with van der Waals surface area (Å²) in [5.74, 6) is 0.679. The second kappa shape index (κ2) is 6.30. The third-order valence-electron chi connectivity index (χ3n) is 2.59. The highest BCUT2D eigenvalue weighted by atomic mass is 32.2. The Bertz CT molecular complexity index is 181. The van der Waals surface area contributed by atoms with E-state index in [1.165, 1.54) is 32.8 Å². The van der Waals surface area contributed by atoms with E-state index >= 15 is 0 Å². The molecule has 0 radical (unpaired) electrons. The Morgan fingerprint density at radius 2 is 2.21 bits per heavy atom. The standard InChI is InChI=1S/C10H19NO2S/c1-13-10(12)9(11)6-7-14-8-4-2-3-5-8/h8-9H,2-7,11H2,1H3. The van der Waals surface area contributed by atoms with Gasteiger partial charge in [-0.2, -0.15) is 11.8 Å². The van der Waals surface area contributed by atoms with Crippen LogP contribution >= 0.6 is 11.8 Å². The van der Waals surface area contributed by atoms with E-state index in [-0.39, 0.29) is 5.97 Å². The van der Waals surface area contributed by atoms with E-state index in [2.05, 4.69) is 4.74 Å². The first-order valence-electron chi connectivity index (χ1n) is 5.19. The molecule has 4 heteroatoms. The fourth-order valence-corrected chi connectivity index (χ4v) is 3.08. The second-order valence-corrected chi connectivity index (χ2v) is 5.10. The number of hydrogen-bond acceptors (Lipinski definition) is 4. The van der Waals surface area contributed by atoms with Crippen LogP contribution in [0.15, 0.2) is 0 Å². The van der Waals surface area contributed by atoms with Crippen molar-refractivity contribution in [3.8, 4) is 0 Å². The van der Waals surface area contributed by atoms with Crippen LogP contribution < -0.4 is 5.73 Å². The molecule has 0 heterocycles. The average molecular weight is 217 g/mol. The molecule has 0 spiro atoms. The summed E-state index contributed by atoms with van der Waals surface area (Å²) in [6, 6.07) is -0.436. The molecule has 1 unspecified atom stereocenters. The van der Waals surface area contributed by atoms with Gasteiger partial charge in [-0.25, -0.2) is 0 Å². The van der Waals surface area contributed by atoms with Crippen LogP contribution in [0.4, 0.5) is 0 Å². The van der Waals surface area contributed by atoms with Crippen molar-refractivity contribution in [2.24, 2.45) is 5.73 Å². The number of methoxy groups -OCH3 is 1. The molecule has 0 saturated heterocycles. The summed E-state index contributed by atoms with van der Waals surface area (Å²) in [5, 5.41) is 0.805. The molecule has 14 heavy (non-hydrogen) atoms. The third-order valence-corrected chi connectivity index (χ3v) is 4.00. The van der Waals surface area contributed by atoms with Gasteiger partial charge in [-0.3, -0.25) is 4.79 Å². The second-order valence-electron chi connectivity index (χ2n) is 3.70. The van der Waals surface area contributed by atoms with Gasteiger partial charge in [0.05, 0.1) is 7.11 Å². The molecule has 1 fully saturated rings. The molecule has 1 atom stereocenters. The Morgan fingerprint density at radius 1 is 1.57 bits per heavy atom. The summed E-state index contributed by atoms with van der Waals surface area (Å²) in [6.07, 6.45) is 6.12. The molecule has 3 nitrogen and oxygen atoms in total. The summed E-state index contributed by atoms with van der Waals surface area (Å²) in [7, 11) is 1.38. The van der Waals surface area contributed by atoms with E-state index in [9.17, 15) is 4.79 Å². The van der Waals surface area contributed by atoms with Gasteiger partial charge in [-0.15, -0.1) is 0 Å². The van der Waals surface area contributed by atoms with Crippen LogP contribution in [-0.4, -0.2) is 30.1 Å². The number of carbonyl (C=O) groups is 1. The van der Waals surface area contributed by atoms with E-state index in [4.69, 9.17) is 5.73 Å². The van der Waals surface area contributed by atoms with Crippen molar-refractivity contribution in [1.82, 2.24) is 0 Å². The summed E-state index contributed by atoms with van der Waals surface area (Å²) < 4.78 is 4.56. The highest BCUT2D eigenvalue weighted by Crippen LogP contribution is 2.29. The lowest BCUT2D eigenvalue weighted by atomic mass is 10.2. The molecule has 0 bridgehead atoms. The Balaban J connectivity index is 2.05. The zero-order chi connectivity index (χ0) is 10.4. The summed E-state index contributed by atoms with van der Waals surface area (Å²) in [6.45, 7) is 0. The van der Waals surface area contributed by atoms with Gasteiger partial charge in [-0.1, -0.05) is 12.8 Å². The van der Waals surface area contributed by atoms with Gasteiger partial charge in [0.25, 0.3) is 0 Å². The maximum Gasteiger partial charge on any atom is 0.322 e. The summed E-state index contributed by atoms with van der Waals surface area (Å²) in [4.78, 5) is 11.0. The Kier molecular flexibility index (Phi) is 5.33. The predicted octanol–water partition coefficient (Wildman–Crippen LogP) is 1.55. The fraction of sp³-hybridized carbons (Fsp3) is 0.900.